The third kappa shape index (κ3) is 5.41. The van der Waals surface area contributed by atoms with Gasteiger partial charge in [0.15, 0.2) is 6.61 Å². The molecule has 3 rings (SSSR count). The summed E-state index contributed by atoms with van der Waals surface area (Å²) in [6.07, 6.45) is 3.17. The van der Waals surface area contributed by atoms with Crippen molar-refractivity contribution < 1.29 is 19.1 Å². The van der Waals surface area contributed by atoms with Crippen LogP contribution in [0, 0.1) is 6.92 Å². The summed E-state index contributed by atoms with van der Waals surface area (Å²) >= 11 is 0. The molecule has 3 aromatic rings. The van der Waals surface area contributed by atoms with Crippen molar-refractivity contribution in [2.75, 3.05) is 6.61 Å². The first-order chi connectivity index (χ1) is 13.6. The van der Waals surface area contributed by atoms with Crippen molar-refractivity contribution >= 4 is 11.9 Å². The fourth-order valence-corrected chi connectivity index (χ4v) is 2.43. The van der Waals surface area contributed by atoms with Crippen LogP contribution >= 0.6 is 0 Å². The molecular formula is C22H20N2O4. The van der Waals surface area contributed by atoms with E-state index < -0.39 is 5.97 Å². The first kappa shape index (κ1) is 19.1. The first-order valence-electron chi connectivity index (χ1n) is 8.78. The molecule has 142 valence electrons. The highest BCUT2D eigenvalue weighted by Crippen LogP contribution is 2.25. The fourth-order valence-electron chi connectivity index (χ4n) is 2.43. The van der Waals surface area contributed by atoms with E-state index in [2.05, 4.69) is 10.3 Å². The number of hydrogen-bond donors (Lipinski definition) is 1. The largest absolute Gasteiger partial charge is 0.455 e. The number of aromatic nitrogens is 1. The lowest BCUT2D eigenvalue weighted by Gasteiger charge is -2.11. The molecule has 0 saturated heterocycles. The summed E-state index contributed by atoms with van der Waals surface area (Å²) in [6, 6.07) is 18.0. The minimum Gasteiger partial charge on any atom is -0.455 e. The molecule has 2 aromatic carbocycles. The van der Waals surface area contributed by atoms with E-state index >= 15 is 0 Å². The van der Waals surface area contributed by atoms with Crippen LogP contribution in [0.25, 0.3) is 0 Å². The summed E-state index contributed by atoms with van der Waals surface area (Å²) in [5.74, 6) is -0.177. The molecular weight excluding hydrogens is 356 g/mol. The van der Waals surface area contributed by atoms with Crippen LogP contribution in [0.4, 0.5) is 0 Å². The number of carbonyl (C=O) groups excluding carboxylic acids is 2. The number of para-hydroxylation sites is 1. The molecule has 0 atom stereocenters. The lowest BCUT2D eigenvalue weighted by atomic mass is 10.1. The number of aryl methyl sites for hydroxylation is 1. The van der Waals surface area contributed by atoms with Gasteiger partial charge in [-0.1, -0.05) is 42.0 Å². The van der Waals surface area contributed by atoms with E-state index in [0.29, 0.717) is 18.0 Å². The number of benzene rings is 2. The van der Waals surface area contributed by atoms with Gasteiger partial charge >= 0.3 is 5.97 Å². The van der Waals surface area contributed by atoms with Gasteiger partial charge in [0.25, 0.3) is 5.91 Å². The molecule has 0 fully saturated rings. The number of pyridine rings is 1. The van der Waals surface area contributed by atoms with Gasteiger partial charge in [-0.05, 0) is 36.8 Å². The van der Waals surface area contributed by atoms with Crippen molar-refractivity contribution in [3.05, 3.63) is 89.7 Å². The minimum absolute atomic E-state index is 0.234. The lowest BCUT2D eigenvalue weighted by Crippen LogP contribution is -2.28. The van der Waals surface area contributed by atoms with Crippen molar-refractivity contribution in [1.82, 2.24) is 10.3 Å². The van der Waals surface area contributed by atoms with E-state index in [9.17, 15) is 9.59 Å². The number of nitrogens with zero attached hydrogens (tertiary/aromatic N) is 1. The van der Waals surface area contributed by atoms with Gasteiger partial charge in [-0.3, -0.25) is 9.78 Å². The molecule has 0 aliphatic heterocycles. The van der Waals surface area contributed by atoms with Crippen molar-refractivity contribution in [3.63, 3.8) is 0 Å². The van der Waals surface area contributed by atoms with E-state index in [4.69, 9.17) is 9.47 Å². The van der Waals surface area contributed by atoms with Crippen LogP contribution in [0.1, 0.15) is 21.5 Å². The average molecular weight is 376 g/mol. The summed E-state index contributed by atoms with van der Waals surface area (Å²) < 4.78 is 10.8. The number of esters is 1. The van der Waals surface area contributed by atoms with Crippen LogP contribution < -0.4 is 10.1 Å². The Morgan fingerprint density at radius 1 is 1.00 bits per heavy atom. The Morgan fingerprint density at radius 2 is 1.79 bits per heavy atom. The molecule has 1 N–H and O–H groups in total. The second-order valence-electron chi connectivity index (χ2n) is 6.13. The fraction of sp³-hybridized carbons (Fsp3) is 0.136. The van der Waals surface area contributed by atoms with Gasteiger partial charge in [0.05, 0.1) is 6.20 Å². The van der Waals surface area contributed by atoms with Gasteiger partial charge in [0.1, 0.15) is 17.1 Å². The Kier molecular flexibility index (Phi) is 6.36. The highest BCUT2D eigenvalue weighted by atomic mass is 16.5. The minimum atomic E-state index is -0.634. The molecule has 1 heterocycles. The van der Waals surface area contributed by atoms with Crippen LogP contribution in [0.5, 0.6) is 11.5 Å². The Labute approximate surface area is 163 Å². The Bertz CT molecular complexity index is 940. The molecule has 1 aromatic heterocycles. The predicted octanol–water partition coefficient (Wildman–Crippen LogP) is 3.66. The maximum Gasteiger partial charge on any atom is 0.342 e. The van der Waals surface area contributed by atoms with E-state index in [1.54, 1.807) is 48.8 Å². The zero-order chi connectivity index (χ0) is 19.8. The summed E-state index contributed by atoms with van der Waals surface area (Å²) in [5.41, 5.74) is 2.36. The second-order valence-corrected chi connectivity index (χ2v) is 6.13. The number of rotatable bonds is 7. The van der Waals surface area contributed by atoms with Crippen molar-refractivity contribution in [3.8, 4) is 11.5 Å². The molecule has 0 bridgehead atoms. The van der Waals surface area contributed by atoms with Crippen molar-refractivity contribution in [2.24, 2.45) is 0 Å². The molecule has 6 heteroatoms. The molecule has 0 aliphatic rings. The number of nitrogens with one attached hydrogen (secondary N) is 1. The number of carbonyl (C=O) groups is 2. The van der Waals surface area contributed by atoms with Gasteiger partial charge in [0, 0.05) is 12.7 Å². The third-order valence-electron chi connectivity index (χ3n) is 3.91. The van der Waals surface area contributed by atoms with Crippen molar-refractivity contribution in [2.45, 2.75) is 13.5 Å². The van der Waals surface area contributed by atoms with Crippen LogP contribution in [-0.2, 0) is 16.1 Å². The average Bonchev–Trinajstić information content (AvgIpc) is 2.73. The van der Waals surface area contributed by atoms with E-state index in [1.807, 2.05) is 31.2 Å². The zero-order valence-electron chi connectivity index (χ0n) is 15.4. The number of amides is 1. The molecule has 0 spiro atoms. The quantitative estimate of drug-likeness (QED) is 0.637. The topological polar surface area (TPSA) is 77.5 Å². The maximum absolute atomic E-state index is 12.4. The summed E-state index contributed by atoms with van der Waals surface area (Å²) in [4.78, 5) is 28.3. The summed E-state index contributed by atoms with van der Waals surface area (Å²) in [7, 11) is 0. The SMILES string of the molecule is Cc1ccc(CNC(=O)COC(=O)c2ccccc2Oc2cccnc2)cc1. The molecule has 1 amide bonds. The van der Waals surface area contributed by atoms with Crippen LogP contribution in [0.15, 0.2) is 73.1 Å². The third-order valence-corrected chi connectivity index (χ3v) is 3.91. The molecule has 0 saturated carbocycles. The lowest BCUT2D eigenvalue weighted by molar-refractivity contribution is -0.124. The molecule has 0 unspecified atom stereocenters. The first-order valence-corrected chi connectivity index (χ1v) is 8.78. The second kappa shape index (κ2) is 9.32. The van der Waals surface area contributed by atoms with Gasteiger partial charge in [-0.15, -0.1) is 0 Å². The Balaban J connectivity index is 1.54. The van der Waals surface area contributed by atoms with E-state index in [0.717, 1.165) is 11.1 Å². The van der Waals surface area contributed by atoms with E-state index in [1.165, 1.54) is 0 Å². The van der Waals surface area contributed by atoms with Gasteiger partial charge < -0.3 is 14.8 Å². The monoisotopic (exact) mass is 376 g/mol. The number of ether oxygens (including phenoxy) is 2. The highest BCUT2D eigenvalue weighted by molar-refractivity contribution is 5.94. The molecule has 0 aliphatic carbocycles. The van der Waals surface area contributed by atoms with Crippen LogP contribution in [0.3, 0.4) is 0 Å². The van der Waals surface area contributed by atoms with Crippen LogP contribution in [-0.4, -0.2) is 23.5 Å². The summed E-state index contributed by atoms with van der Waals surface area (Å²) in [5, 5.41) is 2.72. The predicted molar refractivity (Wildman–Crippen MR) is 104 cm³/mol. The smallest absolute Gasteiger partial charge is 0.342 e. The molecule has 0 radical (unpaired) electrons. The standard InChI is InChI=1S/C22H20N2O4/c1-16-8-10-17(11-9-16)13-24-21(25)15-27-22(26)19-6-2-3-7-20(19)28-18-5-4-12-23-14-18/h2-12,14H,13,15H2,1H3,(H,24,25). The normalized spacial score (nSPS) is 10.2. The van der Waals surface area contributed by atoms with Gasteiger partial charge in [-0.25, -0.2) is 4.79 Å². The van der Waals surface area contributed by atoms with Gasteiger partial charge in [-0.2, -0.15) is 0 Å². The van der Waals surface area contributed by atoms with Crippen LogP contribution in [0.2, 0.25) is 0 Å². The van der Waals surface area contributed by atoms with E-state index in [-0.39, 0.29) is 18.1 Å². The number of hydrogen-bond acceptors (Lipinski definition) is 5. The van der Waals surface area contributed by atoms with Crippen molar-refractivity contribution in [1.29, 1.82) is 0 Å². The molecule has 6 nitrogen and oxygen atoms in total. The highest BCUT2D eigenvalue weighted by Gasteiger charge is 2.16. The maximum atomic E-state index is 12.4. The summed E-state index contributed by atoms with van der Waals surface area (Å²) in [6.45, 7) is 2.00. The van der Waals surface area contributed by atoms with Gasteiger partial charge in [0.2, 0.25) is 0 Å². The Hall–Kier alpha value is -3.67. The Morgan fingerprint density at radius 3 is 2.54 bits per heavy atom. The zero-order valence-corrected chi connectivity index (χ0v) is 15.4. The molecule has 28 heavy (non-hydrogen) atoms.